The topological polar surface area (TPSA) is 69.6 Å². The zero-order valence-corrected chi connectivity index (χ0v) is 15.4. The molecule has 1 aliphatic rings. The lowest BCUT2D eigenvalue weighted by Crippen LogP contribution is -2.56. The minimum atomic E-state index is -4.76. The number of carbonyl (C=O) groups excluding carboxylic acids is 1. The van der Waals surface area contributed by atoms with Crippen LogP contribution in [-0.4, -0.2) is 47.2 Å². The third-order valence-corrected chi connectivity index (χ3v) is 4.89. The minimum Gasteiger partial charge on any atom is -0.480 e. The van der Waals surface area contributed by atoms with E-state index in [1.165, 1.54) is 0 Å². The number of aliphatic carboxylic acids is 1. The molecule has 0 spiro atoms. The highest BCUT2D eigenvalue weighted by molar-refractivity contribution is 5.88. The number of amides is 1. The fraction of sp³-hybridized carbons (Fsp3) is 0.579. The van der Waals surface area contributed by atoms with Gasteiger partial charge in [0.2, 0.25) is 5.91 Å². The van der Waals surface area contributed by atoms with E-state index in [-0.39, 0.29) is 25.3 Å². The van der Waals surface area contributed by atoms with Gasteiger partial charge in [0.05, 0.1) is 0 Å². The molecule has 0 aromatic heterocycles. The zero-order valence-electron chi connectivity index (χ0n) is 15.4. The quantitative estimate of drug-likeness (QED) is 0.756. The van der Waals surface area contributed by atoms with Gasteiger partial charge in [-0.05, 0) is 30.9 Å². The predicted molar refractivity (Wildman–Crippen MR) is 93.8 cm³/mol. The second-order valence-corrected chi connectivity index (χ2v) is 7.52. The average Bonchev–Trinajstić information content (AvgIpc) is 2.99. The van der Waals surface area contributed by atoms with Crippen LogP contribution < -0.4 is 5.32 Å². The SMILES string of the molecule is CC(C)C[C@@H](NC(=O)[C@]1(C(F)(F)F)CCN(Cc2ccccc2)C1)C(=O)O. The molecule has 1 amide bonds. The summed E-state index contributed by atoms with van der Waals surface area (Å²) in [6.07, 6.45) is -5.07. The monoisotopic (exact) mass is 386 g/mol. The summed E-state index contributed by atoms with van der Waals surface area (Å²) < 4.78 is 41.6. The van der Waals surface area contributed by atoms with Crippen molar-refractivity contribution in [1.29, 1.82) is 0 Å². The highest BCUT2D eigenvalue weighted by Crippen LogP contribution is 2.46. The Balaban J connectivity index is 2.17. The second kappa shape index (κ2) is 8.29. The van der Waals surface area contributed by atoms with Crippen molar-refractivity contribution >= 4 is 11.9 Å². The van der Waals surface area contributed by atoms with Crippen LogP contribution in [-0.2, 0) is 16.1 Å². The number of nitrogens with zero attached hydrogens (tertiary/aromatic N) is 1. The Morgan fingerprint density at radius 2 is 1.89 bits per heavy atom. The molecule has 1 heterocycles. The third kappa shape index (κ3) is 5.00. The van der Waals surface area contributed by atoms with Gasteiger partial charge in [-0.25, -0.2) is 4.79 Å². The smallest absolute Gasteiger partial charge is 0.404 e. The number of likely N-dealkylation sites (tertiary alicyclic amines) is 1. The number of halogens is 3. The van der Waals surface area contributed by atoms with Gasteiger partial charge in [0.1, 0.15) is 6.04 Å². The zero-order chi connectivity index (χ0) is 20.2. The molecule has 2 rings (SSSR count). The maximum Gasteiger partial charge on any atom is 0.404 e. The number of nitrogens with one attached hydrogen (secondary N) is 1. The van der Waals surface area contributed by atoms with E-state index in [9.17, 15) is 27.9 Å². The van der Waals surface area contributed by atoms with Gasteiger partial charge in [0.15, 0.2) is 5.41 Å². The predicted octanol–water partition coefficient (Wildman–Crippen LogP) is 3.06. The van der Waals surface area contributed by atoms with E-state index in [0.29, 0.717) is 6.54 Å². The Kier molecular flexibility index (Phi) is 6.51. The summed E-state index contributed by atoms with van der Waals surface area (Å²) in [5.41, 5.74) is -1.73. The Labute approximate surface area is 156 Å². The maximum absolute atomic E-state index is 13.9. The van der Waals surface area contributed by atoms with Crippen molar-refractivity contribution in [1.82, 2.24) is 10.2 Å². The first-order valence-electron chi connectivity index (χ1n) is 8.92. The van der Waals surface area contributed by atoms with Crippen molar-refractivity contribution in [2.45, 2.75) is 45.5 Å². The van der Waals surface area contributed by atoms with Gasteiger partial charge >= 0.3 is 12.1 Å². The fourth-order valence-corrected chi connectivity index (χ4v) is 3.40. The third-order valence-electron chi connectivity index (χ3n) is 4.89. The highest BCUT2D eigenvalue weighted by atomic mass is 19.4. The lowest BCUT2D eigenvalue weighted by Gasteiger charge is -2.32. The molecule has 0 saturated carbocycles. The molecule has 1 aliphatic heterocycles. The molecule has 1 aromatic carbocycles. The van der Waals surface area contributed by atoms with Gasteiger partial charge in [-0.2, -0.15) is 13.2 Å². The maximum atomic E-state index is 13.9. The normalized spacial score (nSPS) is 22.0. The molecule has 2 atom stereocenters. The Hall–Kier alpha value is -2.09. The summed E-state index contributed by atoms with van der Waals surface area (Å²) in [6, 6.07) is 7.73. The minimum absolute atomic E-state index is 0.0722. The molecular weight excluding hydrogens is 361 g/mol. The number of carboxylic acid groups (broad SMARTS) is 1. The van der Waals surface area contributed by atoms with Crippen LogP contribution in [0.4, 0.5) is 13.2 Å². The van der Waals surface area contributed by atoms with Gasteiger partial charge < -0.3 is 10.4 Å². The van der Waals surface area contributed by atoms with Crippen LogP contribution in [0, 0.1) is 11.3 Å². The van der Waals surface area contributed by atoms with Gasteiger partial charge in [0, 0.05) is 13.1 Å². The highest BCUT2D eigenvalue weighted by Gasteiger charge is 2.63. The van der Waals surface area contributed by atoms with Crippen LogP contribution in [0.15, 0.2) is 30.3 Å². The summed E-state index contributed by atoms with van der Waals surface area (Å²) in [4.78, 5) is 25.5. The van der Waals surface area contributed by atoms with E-state index >= 15 is 0 Å². The lowest BCUT2D eigenvalue weighted by atomic mass is 9.84. The molecule has 1 saturated heterocycles. The standard InChI is InChI=1S/C19H25F3N2O3/c1-13(2)10-15(16(25)26)23-17(27)18(19(20,21)22)8-9-24(12-18)11-14-6-4-3-5-7-14/h3-7,13,15H,8-12H2,1-2H3,(H,23,27)(H,25,26)/t15-,18+/m1/s1. The first kappa shape index (κ1) is 21.2. The van der Waals surface area contributed by atoms with E-state index in [1.807, 2.05) is 18.2 Å². The molecule has 0 aliphatic carbocycles. The Morgan fingerprint density at radius 3 is 2.41 bits per heavy atom. The van der Waals surface area contributed by atoms with Crippen LogP contribution in [0.1, 0.15) is 32.3 Å². The van der Waals surface area contributed by atoms with E-state index in [0.717, 1.165) is 5.56 Å². The van der Waals surface area contributed by atoms with E-state index in [1.54, 1.807) is 30.9 Å². The van der Waals surface area contributed by atoms with Crippen LogP contribution in [0.2, 0.25) is 0 Å². The molecule has 0 radical (unpaired) electrons. The number of benzene rings is 1. The van der Waals surface area contributed by atoms with E-state index in [2.05, 4.69) is 5.32 Å². The second-order valence-electron chi connectivity index (χ2n) is 7.52. The van der Waals surface area contributed by atoms with Crippen LogP contribution >= 0.6 is 0 Å². The van der Waals surface area contributed by atoms with Gasteiger partial charge in [0.25, 0.3) is 0 Å². The van der Waals surface area contributed by atoms with Crippen molar-refractivity contribution in [3.63, 3.8) is 0 Å². The molecule has 1 fully saturated rings. The number of alkyl halides is 3. The number of hydrogen-bond acceptors (Lipinski definition) is 3. The molecule has 0 unspecified atom stereocenters. The summed E-state index contributed by atoms with van der Waals surface area (Å²) in [5, 5.41) is 11.4. The Bertz CT molecular complexity index is 664. The summed E-state index contributed by atoms with van der Waals surface area (Å²) in [7, 11) is 0. The number of carbonyl (C=O) groups is 2. The number of hydrogen-bond donors (Lipinski definition) is 2. The van der Waals surface area contributed by atoms with E-state index < -0.39 is 36.1 Å². The lowest BCUT2D eigenvalue weighted by molar-refractivity contribution is -0.218. The molecule has 2 N–H and O–H groups in total. The van der Waals surface area contributed by atoms with Crippen molar-refractivity contribution < 1.29 is 27.9 Å². The molecule has 0 bridgehead atoms. The summed E-state index contributed by atoms with van der Waals surface area (Å²) in [5.74, 6) is -2.65. The van der Waals surface area contributed by atoms with Gasteiger partial charge in [-0.15, -0.1) is 0 Å². The fourth-order valence-electron chi connectivity index (χ4n) is 3.40. The van der Waals surface area contributed by atoms with Crippen molar-refractivity contribution in [2.75, 3.05) is 13.1 Å². The van der Waals surface area contributed by atoms with Crippen molar-refractivity contribution in [2.24, 2.45) is 11.3 Å². The van der Waals surface area contributed by atoms with Crippen molar-refractivity contribution in [3.8, 4) is 0 Å². The van der Waals surface area contributed by atoms with Gasteiger partial charge in [-0.3, -0.25) is 9.69 Å². The molecule has 5 nitrogen and oxygen atoms in total. The molecule has 150 valence electrons. The van der Waals surface area contributed by atoms with Crippen molar-refractivity contribution in [3.05, 3.63) is 35.9 Å². The average molecular weight is 386 g/mol. The van der Waals surface area contributed by atoms with E-state index in [4.69, 9.17) is 0 Å². The van der Waals surface area contributed by atoms with Crippen LogP contribution in [0.25, 0.3) is 0 Å². The molecule has 8 heteroatoms. The van der Waals surface area contributed by atoms with Crippen LogP contribution in [0.5, 0.6) is 0 Å². The van der Waals surface area contributed by atoms with Gasteiger partial charge in [-0.1, -0.05) is 44.2 Å². The number of rotatable bonds is 7. The first-order valence-corrected chi connectivity index (χ1v) is 8.92. The molecule has 27 heavy (non-hydrogen) atoms. The van der Waals surface area contributed by atoms with Crippen LogP contribution in [0.3, 0.4) is 0 Å². The summed E-state index contributed by atoms with van der Waals surface area (Å²) in [6.45, 7) is 3.44. The largest absolute Gasteiger partial charge is 0.480 e. The molecule has 1 aromatic rings. The number of carboxylic acids is 1. The summed E-state index contributed by atoms with van der Waals surface area (Å²) >= 11 is 0. The Morgan fingerprint density at radius 1 is 1.26 bits per heavy atom. The first-order chi connectivity index (χ1) is 12.5. The molecular formula is C19H25F3N2O3.